The number of carbonyl (C=O) groups is 1. The van der Waals surface area contributed by atoms with Gasteiger partial charge in [0.25, 0.3) is 0 Å². The van der Waals surface area contributed by atoms with Crippen LogP contribution in [0.15, 0.2) is 0 Å². The van der Waals surface area contributed by atoms with E-state index in [2.05, 4.69) is 20.8 Å². The molecule has 0 bridgehead atoms. The molecule has 1 N–H and O–H groups in total. The molecule has 0 aromatic rings. The van der Waals surface area contributed by atoms with E-state index in [1.54, 1.807) is 6.92 Å². The van der Waals surface area contributed by atoms with Gasteiger partial charge in [-0.05, 0) is 51.9 Å². The van der Waals surface area contributed by atoms with Gasteiger partial charge in [0, 0.05) is 6.42 Å². The van der Waals surface area contributed by atoms with Crippen LogP contribution in [0.1, 0.15) is 88.5 Å². The zero-order valence-electron chi connectivity index (χ0n) is 18.9. The molecule has 6 nitrogen and oxygen atoms in total. The second kappa shape index (κ2) is 9.87. The van der Waals surface area contributed by atoms with Crippen molar-refractivity contribution in [3.63, 3.8) is 0 Å². The van der Waals surface area contributed by atoms with E-state index in [4.69, 9.17) is 18.9 Å². The maximum atomic E-state index is 13.0. The molecule has 0 amide bonds. The Balaban J connectivity index is 4.98. The van der Waals surface area contributed by atoms with Crippen molar-refractivity contribution < 1.29 is 28.3 Å². The first-order valence-electron chi connectivity index (χ1n) is 9.76. The SMILES string of the molecule is CCC(C)(OCCC(C)(C)OC(=O)C(C)(CC(C)(C)C)C(C)C)O[PH](=O)O. The number of ether oxygens (including phenoxy) is 2. The van der Waals surface area contributed by atoms with Gasteiger partial charge < -0.3 is 14.4 Å². The Morgan fingerprint density at radius 1 is 1.07 bits per heavy atom. The molecule has 0 saturated heterocycles. The van der Waals surface area contributed by atoms with E-state index in [-0.39, 0.29) is 23.9 Å². The first kappa shape index (κ1) is 26.6. The van der Waals surface area contributed by atoms with Crippen LogP contribution >= 0.6 is 8.25 Å². The van der Waals surface area contributed by atoms with Crippen LogP contribution in [0.2, 0.25) is 0 Å². The molecule has 3 unspecified atom stereocenters. The molecule has 0 fully saturated rings. The quantitative estimate of drug-likeness (QED) is 0.282. The maximum absolute atomic E-state index is 13.0. The molecule has 27 heavy (non-hydrogen) atoms. The van der Waals surface area contributed by atoms with Gasteiger partial charge in [0.15, 0.2) is 5.79 Å². The molecule has 0 aliphatic rings. The molecular formula is C20H41O6P. The molecule has 162 valence electrons. The van der Waals surface area contributed by atoms with E-state index >= 15 is 0 Å². The zero-order valence-corrected chi connectivity index (χ0v) is 19.9. The van der Waals surface area contributed by atoms with Gasteiger partial charge in [-0.1, -0.05) is 41.5 Å². The first-order chi connectivity index (χ1) is 12.0. The molecule has 0 radical (unpaired) electrons. The van der Waals surface area contributed by atoms with Crippen LogP contribution in [0.4, 0.5) is 0 Å². The Bertz CT molecular complexity index is 511. The van der Waals surface area contributed by atoms with Crippen molar-refractivity contribution in [2.45, 2.75) is 99.9 Å². The van der Waals surface area contributed by atoms with Gasteiger partial charge in [-0.2, -0.15) is 0 Å². The monoisotopic (exact) mass is 408 g/mol. The summed E-state index contributed by atoms with van der Waals surface area (Å²) in [6.07, 6.45) is 1.62. The Morgan fingerprint density at radius 3 is 1.96 bits per heavy atom. The first-order valence-corrected chi connectivity index (χ1v) is 11.0. The van der Waals surface area contributed by atoms with Gasteiger partial charge in [-0.25, -0.2) is 0 Å². The van der Waals surface area contributed by atoms with Gasteiger partial charge in [-0.15, -0.1) is 0 Å². The smallest absolute Gasteiger partial charge is 0.319 e. The third-order valence-electron chi connectivity index (χ3n) is 5.06. The molecule has 0 aliphatic heterocycles. The van der Waals surface area contributed by atoms with Crippen molar-refractivity contribution in [1.82, 2.24) is 0 Å². The summed E-state index contributed by atoms with van der Waals surface area (Å²) >= 11 is 0. The summed E-state index contributed by atoms with van der Waals surface area (Å²) in [6, 6.07) is 0. The second-order valence-corrected chi connectivity index (χ2v) is 10.6. The zero-order chi connectivity index (χ0) is 21.7. The van der Waals surface area contributed by atoms with Gasteiger partial charge in [-0.3, -0.25) is 13.9 Å². The minimum absolute atomic E-state index is 0.00753. The Kier molecular flexibility index (Phi) is 9.71. The molecule has 0 aliphatic carbocycles. The van der Waals surface area contributed by atoms with E-state index in [0.29, 0.717) is 12.8 Å². The van der Waals surface area contributed by atoms with Gasteiger partial charge in [0.2, 0.25) is 0 Å². The molecule has 0 aromatic carbocycles. The van der Waals surface area contributed by atoms with Crippen molar-refractivity contribution in [1.29, 1.82) is 0 Å². The molecule has 0 rings (SSSR count). The highest BCUT2D eigenvalue weighted by Gasteiger charge is 2.43. The largest absolute Gasteiger partial charge is 0.459 e. The third kappa shape index (κ3) is 9.56. The summed E-state index contributed by atoms with van der Waals surface area (Å²) in [6.45, 7) is 19.8. The van der Waals surface area contributed by atoms with Crippen LogP contribution in [0.3, 0.4) is 0 Å². The van der Waals surface area contributed by atoms with Crippen LogP contribution in [0.5, 0.6) is 0 Å². The van der Waals surface area contributed by atoms with Crippen molar-refractivity contribution in [2.75, 3.05) is 6.61 Å². The number of hydrogen-bond donors (Lipinski definition) is 1. The summed E-state index contributed by atoms with van der Waals surface area (Å²) in [4.78, 5) is 22.0. The predicted molar refractivity (Wildman–Crippen MR) is 109 cm³/mol. The van der Waals surface area contributed by atoms with Crippen molar-refractivity contribution in [2.24, 2.45) is 16.7 Å². The lowest BCUT2D eigenvalue weighted by atomic mass is 9.68. The molecule has 0 heterocycles. The lowest BCUT2D eigenvalue weighted by Crippen LogP contribution is -2.43. The highest BCUT2D eigenvalue weighted by molar-refractivity contribution is 7.32. The number of carbonyl (C=O) groups excluding carboxylic acids is 1. The molecular weight excluding hydrogens is 367 g/mol. The summed E-state index contributed by atoms with van der Waals surface area (Å²) in [5, 5.41) is 0. The fourth-order valence-corrected chi connectivity index (χ4v) is 3.51. The van der Waals surface area contributed by atoms with Crippen LogP contribution in [-0.4, -0.2) is 28.9 Å². The van der Waals surface area contributed by atoms with E-state index < -0.39 is 25.1 Å². The van der Waals surface area contributed by atoms with Crippen LogP contribution in [-0.2, 0) is 23.4 Å². The highest BCUT2D eigenvalue weighted by atomic mass is 31.1. The summed E-state index contributed by atoms with van der Waals surface area (Å²) < 4.78 is 27.5. The Labute approximate surface area is 166 Å². The Hall–Kier alpha value is -0.420. The van der Waals surface area contributed by atoms with E-state index in [9.17, 15) is 9.36 Å². The van der Waals surface area contributed by atoms with Crippen LogP contribution in [0.25, 0.3) is 0 Å². The minimum atomic E-state index is -3.09. The van der Waals surface area contributed by atoms with Crippen LogP contribution in [0, 0.1) is 16.7 Å². The van der Waals surface area contributed by atoms with Gasteiger partial charge in [0.1, 0.15) is 5.60 Å². The molecule has 7 heteroatoms. The topological polar surface area (TPSA) is 82.1 Å². The number of esters is 1. The number of rotatable bonds is 11. The maximum Gasteiger partial charge on any atom is 0.319 e. The average Bonchev–Trinajstić information content (AvgIpc) is 2.43. The third-order valence-corrected chi connectivity index (χ3v) is 5.67. The standard InChI is InChI=1S/C20H41O6P/c1-11-20(10,26-27(22)23)24-13-12-18(7,8)25-16(21)19(9,15(2)3)14-17(4,5)6/h15,27H,11-14H2,1-10H3,(H,22,23). The average molecular weight is 409 g/mol. The molecule has 0 saturated carbocycles. The summed E-state index contributed by atoms with van der Waals surface area (Å²) in [7, 11) is -3.09. The minimum Gasteiger partial charge on any atom is -0.459 e. The van der Waals surface area contributed by atoms with E-state index in [1.165, 1.54) is 0 Å². The second-order valence-electron chi connectivity index (χ2n) is 9.91. The van der Waals surface area contributed by atoms with Crippen molar-refractivity contribution in [3.8, 4) is 0 Å². The number of hydrogen-bond acceptors (Lipinski definition) is 5. The fourth-order valence-electron chi connectivity index (χ4n) is 2.93. The van der Waals surface area contributed by atoms with E-state index in [1.807, 2.05) is 41.5 Å². The molecule has 0 aromatic heterocycles. The van der Waals surface area contributed by atoms with Crippen molar-refractivity contribution >= 4 is 14.2 Å². The molecule has 3 atom stereocenters. The molecule has 0 spiro atoms. The van der Waals surface area contributed by atoms with Crippen molar-refractivity contribution in [3.05, 3.63) is 0 Å². The normalized spacial score (nSPS) is 18.7. The fraction of sp³-hybridized carbons (Fsp3) is 0.950. The van der Waals surface area contributed by atoms with Gasteiger partial charge >= 0.3 is 14.2 Å². The highest BCUT2D eigenvalue weighted by Crippen LogP contribution is 2.41. The lowest BCUT2D eigenvalue weighted by molar-refractivity contribution is -0.189. The van der Waals surface area contributed by atoms with Crippen LogP contribution < -0.4 is 0 Å². The van der Waals surface area contributed by atoms with E-state index in [0.717, 1.165) is 6.42 Å². The lowest BCUT2D eigenvalue weighted by Gasteiger charge is -2.39. The predicted octanol–water partition coefficient (Wildman–Crippen LogP) is 5.34. The Morgan fingerprint density at radius 2 is 1.59 bits per heavy atom. The summed E-state index contributed by atoms with van der Waals surface area (Å²) in [5.74, 6) is -1.17. The summed E-state index contributed by atoms with van der Waals surface area (Å²) in [5.41, 5.74) is -1.29. The van der Waals surface area contributed by atoms with Gasteiger partial charge in [0.05, 0.1) is 12.0 Å².